The summed E-state index contributed by atoms with van der Waals surface area (Å²) < 4.78 is 19.3. The maximum absolute atomic E-state index is 13.4. The lowest BCUT2D eigenvalue weighted by molar-refractivity contribution is -0.131. The molecule has 154 valence electrons. The van der Waals surface area contributed by atoms with E-state index in [1.807, 2.05) is 12.1 Å². The number of amides is 2. The summed E-state index contributed by atoms with van der Waals surface area (Å²) in [6.45, 7) is 0.507. The molecule has 1 fully saturated rings. The Bertz CT molecular complexity index is 1030. The van der Waals surface area contributed by atoms with Gasteiger partial charge in [0, 0.05) is 18.5 Å². The number of oxazole rings is 1. The predicted molar refractivity (Wildman–Crippen MR) is 108 cm³/mol. The van der Waals surface area contributed by atoms with Gasteiger partial charge in [-0.15, -0.1) is 0 Å². The van der Waals surface area contributed by atoms with Crippen LogP contribution in [0.3, 0.4) is 0 Å². The van der Waals surface area contributed by atoms with Gasteiger partial charge >= 0.3 is 0 Å². The zero-order valence-corrected chi connectivity index (χ0v) is 16.4. The van der Waals surface area contributed by atoms with Crippen LogP contribution in [0.2, 0.25) is 0 Å². The summed E-state index contributed by atoms with van der Waals surface area (Å²) >= 11 is 0. The van der Waals surface area contributed by atoms with Crippen molar-refractivity contribution in [2.75, 3.05) is 13.1 Å². The topological polar surface area (TPSA) is 75.4 Å². The van der Waals surface area contributed by atoms with Crippen LogP contribution in [0.25, 0.3) is 0 Å². The minimum Gasteiger partial charge on any atom is -0.443 e. The van der Waals surface area contributed by atoms with Crippen LogP contribution in [-0.2, 0) is 11.2 Å². The fourth-order valence-electron chi connectivity index (χ4n) is 3.68. The lowest BCUT2D eigenvalue weighted by Crippen LogP contribution is -2.39. The standard InChI is InChI=1S/C23H22FN3O3/c24-18-9-4-6-16(12-18)13-19-14-26-23(30-19)20-10-5-11-27(20)21(28)15-25-22(29)17-7-2-1-3-8-17/h1-4,6-9,12,14,20H,5,10-11,13,15H2,(H,25,29)/t20-/m1/s1. The van der Waals surface area contributed by atoms with E-state index in [4.69, 9.17) is 4.42 Å². The van der Waals surface area contributed by atoms with Gasteiger partial charge in [0.05, 0.1) is 12.7 Å². The largest absolute Gasteiger partial charge is 0.443 e. The predicted octanol–water partition coefficient (Wildman–Crippen LogP) is 3.50. The van der Waals surface area contributed by atoms with E-state index < -0.39 is 0 Å². The summed E-state index contributed by atoms with van der Waals surface area (Å²) in [5, 5.41) is 2.67. The van der Waals surface area contributed by atoms with Crippen molar-refractivity contribution in [3.8, 4) is 0 Å². The van der Waals surface area contributed by atoms with E-state index in [1.165, 1.54) is 12.1 Å². The Kier molecular flexibility index (Phi) is 5.88. The number of nitrogens with one attached hydrogen (secondary N) is 1. The van der Waals surface area contributed by atoms with Gasteiger partial charge in [0.25, 0.3) is 5.91 Å². The molecule has 0 bridgehead atoms. The number of halogens is 1. The van der Waals surface area contributed by atoms with Gasteiger partial charge in [0.2, 0.25) is 11.8 Å². The summed E-state index contributed by atoms with van der Waals surface area (Å²) in [5.74, 6) is 0.339. The molecule has 2 heterocycles. The fraction of sp³-hybridized carbons (Fsp3) is 0.261. The quantitative estimate of drug-likeness (QED) is 0.679. The van der Waals surface area contributed by atoms with Gasteiger partial charge in [0.15, 0.2) is 0 Å². The summed E-state index contributed by atoms with van der Waals surface area (Å²) in [6.07, 6.45) is 3.64. The number of hydrogen-bond donors (Lipinski definition) is 1. The first kappa shape index (κ1) is 19.8. The molecule has 0 aliphatic carbocycles. The molecule has 2 aromatic carbocycles. The Morgan fingerprint density at radius 3 is 2.80 bits per heavy atom. The van der Waals surface area contributed by atoms with Crippen LogP contribution in [0.5, 0.6) is 0 Å². The molecular weight excluding hydrogens is 385 g/mol. The molecule has 3 aromatic rings. The highest BCUT2D eigenvalue weighted by molar-refractivity contribution is 5.96. The normalized spacial score (nSPS) is 15.9. The van der Waals surface area contributed by atoms with Crippen LogP contribution in [0.15, 0.2) is 65.2 Å². The lowest BCUT2D eigenvalue weighted by Gasteiger charge is -2.22. The average molecular weight is 407 g/mol. The first-order chi connectivity index (χ1) is 14.6. The maximum Gasteiger partial charge on any atom is 0.251 e. The highest BCUT2D eigenvalue weighted by Gasteiger charge is 2.33. The molecule has 1 atom stereocenters. The number of hydrogen-bond acceptors (Lipinski definition) is 4. The molecule has 30 heavy (non-hydrogen) atoms. The van der Waals surface area contributed by atoms with E-state index in [9.17, 15) is 14.0 Å². The van der Waals surface area contributed by atoms with Gasteiger partial charge in [-0.1, -0.05) is 30.3 Å². The number of nitrogens with zero attached hydrogens (tertiary/aromatic N) is 2. The van der Waals surface area contributed by atoms with E-state index in [0.29, 0.717) is 30.2 Å². The van der Waals surface area contributed by atoms with Crippen LogP contribution < -0.4 is 5.32 Å². The van der Waals surface area contributed by atoms with Crippen LogP contribution >= 0.6 is 0 Å². The number of carbonyl (C=O) groups excluding carboxylic acids is 2. The molecule has 1 aliphatic heterocycles. The summed E-state index contributed by atoms with van der Waals surface area (Å²) in [6, 6.07) is 14.9. The fourth-order valence-corrected chi connectivity index (χ4v) is 3.68. The molecule has 0 radical (unpaired) electrons. The van der Waals surface area contributed by atoms with Crippen molar-refractivity contribution >= 4 is 11.8 Å². The Balaban J connectivity index is 1.38. The summed E-state index contributed by atoms with van der Waals surface area (Å²) in [4.78, 5) is 30.9. The van der Waals surface area contributed by atoms with Crippen LogP contribution in [-0.4, -0.2) is 34.8 Å². The smallest absolute Gasteiger partial charge is 0.251 e. The molecule has 1 saturated heterocycles. The highest BCUT2D eigenvalue weighted by atomic mass is 19.1. The van der Waals surface area contributed by atoms with Gasteiger partial charge in [0.1, 0.15) is 17.6 Å². The van der Waals surface area contributed by atoms with E-state index >= 15 is 0 Å². The first-order valence-electron chi connectivity index (χ1n) is 9.92. The molecule has 7 heteroatoms. The SMILES string of the molecule is O=C(NCC(=O)N1CCC[C@@H]1c1ncc(Cc2cccc(F)c2)o1)c1ccccc1. The Morgan fingerprint density at radius 2 is 2.00 bits per heavy atom. The summed E-state index contributed by atoms with van der Waals surface area (Å²) in [7, 11) is 0. The second-order valence-corrected chi connectivity index (χ2v) is 7.27. The van der Waals surface area contributed by atoms with E-state index in [-0.39, 0.29) is 30.2 Å². The molecular formula is C23H22FN3O3. The molecule has 0 unspecified atom stereocenters. The first-order valence-corrected chi connectivity index (χ1v) is 9.92. The minimum atomic E-state index is -0.294. The molecule has 4 rings (SSSR count). The summed E-state index contributed by atoms with van der Waals surface area (Å²) in [5.41, 5.74) is 1.30. The number of rotatable bonds is 6. The van der Waals surface area contributed by atoms with Gasteiger partial charge in [-0.3, -0.25) is 9.59 Å². The van der Waals surface area contributed by atoms with Crippen LogP contribution in [0.1, 0.15) is 46.5 Å². The molecule has 2 amide bonds. The molecule has 1 N–H and O–H groups in total. The van der Waals surface area contributed by atoms with Gasteiger partial charge in [-0.05, 0) is 42.7 Å². The van der Waals surface area contributed by atoms with Crippen LogP contribution in [0.4, 0.5) is 4.39 Å². The van der Waals surface area contributed by atoms with Crippen molar-refractivity contribution in [1.82, 2.24) is 15.2 Å². The monoisotopic (exact) mass is 407 g/mol. The van der Waals surface area contributed by atoms with Gasteiger partial charge < -0.3 is 14.6 Å². The number of carbonyl (C=O) groups is 2. The van der Waals surface area contributed by atoms with Crippen molar-refractivity contribution in [1.29, 1.82) is 0 Å². The van der Waals surface area contributed by atoms with Gasteiger partial charge in [-0.25, -0.2) is 9.37 Å². The molecule has 0 saturated carbocycles. The average Bonchev–Trinajstić information content (AvgIpc) is 3.42. The third-order valence-corrected chi connectivity index (χ3v) is 5.13. The van der Waals surface area contributed by atoms with Crippen molar-refractivity contribution in [3.63, 3.8) is 0 Å². The van der Waals surface area contributed by atoms with E-state index in [2.05, 4.69) is 10.3 Å². The molecule has 1 aromatic heterocycles. The number of benzene rings is 2. The minimum absolute atomic E-state index is 0.0823. The van der Waals surface area contributed by atoms with Crippen molar-refractivity contribution in [2.24, 2.45) is 0 Å². The molecule has 0 spiro atoms. The zero-order chi connectivity index (χ0) is 20.9. The third kappa shape index (κ3) is 4.56. The number of aromatic nitrogens is 1. The Hall–Kier alpha value is -3.48. The zero-order valence-electron chi connectivity index (χ0n) is 16.4. The number of likely N-dealkylation sites (tertiary alicyclic amines) is 1. The van der Waals surface area contributed by atoms with E-state index in [0.717, 1.165) is 18.4 Å². The van der Waals surface area contributed by atoms with E-state index in [1.54, 1.807) is 41.4 Å². The highest BCUT2D eigenvalue weighted by Crippen LogP contribution is 2.31. The van der Waals surface area contributed by atoms with Crippen molar-refractivity contribution in [3.05, 3.63) is 89.4 Å². The maximum atomic E-state index is 13.4. The Labute approximate surface area is 173 Å². The molecule has 6 nitrogen and oxygen atoms in total. The Morgan fingerprint density at radius 1 is 1.17 bits per heavy atom. The van der Waals surface area contributed by atoms with Crippen molar-refractivity contribution < 1.29 is 18.4 Å². The van der Waals surface area contributed by atoms with Crippen molar-refractivity contribution in [2.45, 2.75) is 25.3 Å². The van der Waals surface area contributed by atoms with Crippen LogP contribution in [0, 0.1) is 5.82 Å². The molecule has 1 aliphatic rings. The van der Waals surface area contributed by atoms with Gasteiger partial charge in [-0.2, -0.15) is 0 Å². The lowest BCUT2D eigenvalue weighted by atomic mass is 10.1. The second-order valence-electron chi connectivity index (χ2n) is 7.27. The second kappa shape index (κ2) is 8.90. The third-order valence-electron chi connectivity index (χ3n) is 5.13.